The summed E-state index contributed by atoms with van der Waals surface area (Å²) in [7, 11) is 0. The van der Waals surface area contributed by atoms with Gasteiger partial charge in [-0.2, -0.15) is 0 Å². The van der Waals surface area contributed by atoms with Gasteiger partial charge in [0.25, 0.3) is 0 Å². The number of ether oxygens (including phenoxy) is 1. The van der Waals surface area contributed by atoms with Crippen LogP contribution in [0.2, 0.25) is 0 Å². The van der Waals surface area contributed by atoms with Gasteiger partial charge in [-0.3, -0.25) is 4.79 Å². The standard InChI is InChI=1S/C10H7Br5O3/c11-5-6(12)8(14)10(9(15)7(5)13)18-3-1-2-4(16)17/h1-3H2,(H,16,17). The van der Waals surface area contributed by atoms with Crippen LogP contribution in [-0.2, 0) is 4.79 Å². The molecule has 0 atom stereocenters. The van der Waals surface area contributed by atoms with E-state index < -0.39 is 5.97 Å². The molecule has 0 bridgehead atoms. The SMILES string of the molecule is O=C(O)CCCOc1c(Br)c(Br)c(Br)c(Br)c1Br. The molecule has 1 aromatic rings. The summed E-state index contributed by atoms with van der Waals surface area (Å²) in [5, 5.41) is 8.55. The number of rotatable bonds is 5. The maximum absolute atomic E-state index is 10.4. The molecule has 1 rings (SSSR count). The van der Waals surface area contributed by atoms with Gasteiger partial charge in [0.2, 0.25) is 0 Å². The highest BCUT2D eigenvalue weighted by molar-refractivity contribution is 9.15. The van der Waals surface area contributed by atoms with E-state index in [0.717, 1.165) is 22.4 Å². The zero-order chi connectivity index (χ0) is 13.9. The van der Waals surface area contributed by atoms with Gasteiger partial charge in [0.1, 0.15) is 5.75 Å². The van der Waals surface area contributed by atoms with Crippen LogP contribution in [0.4, 0.5) is 0 Å². The lowest BCUT2D eigenvalue weighted by molar-refractivity contribution is -0.137. The average Bonchev–Trinajstić information content (AvgIpc) is 2.32. The zero-order valence-corrected chi connectivity index (χ0v) is 16.7. The number of aliphatic carboxylic acids is 1. The predicted octanol–water partition coefficient (Wildman–Crippen LogP) is 5.74. The van der Waals surface area contributed by atoms with Crippen LogP contribution in [0.1, 0.15) is 12.8 Å². The van der Waals surface area contributed by atoms with Gasteiger partial charge in [-0.05, 0) is 86.1 Å². The third kappa shape index (κ3) is 4.19. The Balaban J connectivity index is 2.86. The molecule has 0 aromatic heterocycles. The van der Waals surface area contributed by atoms with Crippen molar-refractivity contribution in [2.75, 3.05) is 6.61 Å². The van der Waals surface area contributed by atoms with E-state index in [1.165, 1.54) is 0 Å². The molecule has 0 unspecified atom stereocenters. The number of benzene rings is 1. The minimum absolute atomic E-state index is 0.0914. The van der Waals surface area contributed by atoms with Crippen molar-refractivity contribution in [2.45, 2.75) is 12.8 Å². The van der Waals surface area contributed by atoms with E-state index in [1.807, 2.05) is 0 Å². The Morgan fingerprint density at radius 1 is 0.944 bits per heavy atom. The molecule has 0 heterocycles. The molecule has 0 radical (unpaired) electrons. The first-order chi connectivity index (χ1) is 8.36. The number of hydrogen-bond acceptors (Lipinski definition) is 2. The van der Waals surface area contributed by atoms with E-state index in [2.05, 4.69) is 79.6 Å². The molecule has 0 aliphatic rings. The average molecular weight is 575 g/mol. The maximum Gasteiger partial charge on any atom is 0.303 e. The fourth-order valence-corrected chi connectivity index (χ4v) is 4.35. The Kier molecular flexibility index (Phi) is 7.17. The number of carboxylic acid groups (broad SMARTS) is 1. The van der Waals surface area contributed by atoms with Gasteiger partial charge in [0.15, 0.2) is 0 Å². The number of carbonyl (C=O) groups is 1. The summed E-state index contributed by atoms with van der Waals surface area (Å²) in [4.78, 5) is 10.4. The normalized spacial score (nSPS) is 10.5. The van der Waals surface area contributed by atoms with Gasteiger partial charge in [0.05, 0.1) is 24.5 Å². The molecule has 0 saturated heterocycles. The number of carboxylic acids is 1. The minimum Gasteiger partial charge on any atom is -0.491 e. The van der Waals surface area contributed by atoms with Crippen molar-refractivity contribution in [1.82, 2.24) is 0 Å². The zero-order valence-electron chi connectivity index (χ0n) is 8.77. The third-order valence-corrected chi connectivity index (χ3v) is 7.97. The van der Waals surface area contributed by atoms with Crippen LogP contribution >= 0.6 is 79.6 Å². The summed E-state index contributed by atoms with van der Waals surface area (Å²) in [6, 6.07) is 0. The molecule has 8 heteroatoms. The molecule has 0 amide bonds. The summed E-state index contributed by atoms with van der Waals surface area (Å²) in [6.45, 7) is 0.337. The minimum atomic E-state index is -0.824. The Morgan fingerprint density at radius 2 is 1.39 bits per heavy atom. The molecule has 0 fully saturated rings. The van der Waals surface area contributed by atoms with Crippen LogP contribution in [0.3, 0.4) is 0 Å². The topological polar surface area (TPSA) is 46.5 Å². The quantitative estimate of drug-likeness (QED) is 0.277. The Morgan fingerprint density at radius 3 is 1.83 bits per heavy atom. The highest BCUT2D eigenvalue weighted by Gasteiger charge is 2.18. The Bertz CT molecular complexity index is 446. The molecule has 3 nitrogen and oxygen atoms in total. The van der Waals surface area contributed by atoms with Crippen molar-refractivity contribution >= 4 is 85.6 Å². The van der Waals surface area contributed by atoms with Crippen LogP contribution < -0.4 is 4.74 Å². The highest BCUT2D eigenvalue weighted by atomic mass is 79.9. The molecule has 18 heavy (non-hydrogen) atoms. The van der Waals surface area contributed by atoms with Crippen molar-refractivity contribution in [3.8, 4) is 5.75 Å². The summed E-state index contributed by atoms with van der Waals surface area (Å²) < 4.78 is 9.63. The highest BCUT2D eigenvalue weighted by Crippen LogP contribution is 2.48. The molecular formula is C10H7Br5O3. The molecule has 0 aliphatic heterocycles. The molecule has 1 N–H and O–H groups in total. The summed E-state index contributed by atoms with van der Waals surface area (Å²) >= 11 is 17.1. The smallest absolute Gasteiger partial charge is 0.303 e. The predicted molar refractivity (Wildman–Crippen MR) is 87.3 cm³/mol. The van der Waals surface area contributed by atoms with Crippen molar-refractivity contribution < 1.29 is 14.6 Å². The van der Waals surface area contributed by atoms with Gasteiger partial charge in [-0.1, -0.05) is 0 Å². The monoisotopic (exact) mass is 570 g/mol. The second-order valence-electron chi connectivity index (χ2n) is 3.24. The van der Waals surface area contributed by atoms with Crippen LogP contribution in [0, 0.1) is 0 Å². The third-order valence-electron chi connectivity index (χ3n) is 1.95. The van der Waals surface area contributed by atoms with E-state index in [-0.39, 0.29) is 6.42 Å². The largest absolute Gasteiger partial charge is 0.491 e. The first kappa shape index (κ1) is 16.9. The van der Waals surface area contributed by atoms with Crippen molar-refractivity contribution in [2.24, 2.45) is 0 Å². The molecule has 0 aliphatic carbocycles. The summed E-state index contributed by atoms with van der Waals surface area (Å²) in [5.74, 6) is -0.197. The summed E-state index contributed by atoms with van der Waals surface area (Å²) in [6.07, 6.45) is 0.549. The second-order valence-corrected chi connectivity index (χ2v) is 7.21. The van der Waals surface area contributed by atoms with Gasteiger partial charge in [-0.25, -0.2) is 0 Å². The van der Waals surface area contributed by atoms with E-state index >= 15 is 0 Å². The Hall–Kier alpha value is 0.890. The van der Waals surface area contributed by atoms with Gasteiger partial charge >= 0.3 is 5.97 Å². The lowest BCUT2D eigenvalue weighted by Gasteiger charge is -2.14. The first-order valence-electron chi connectivity index (χ1n) is 4.72. The van der Waals surface area contributed by atoms with Crippen molar-refractivity contribution in [1.29, 1.82) is 0 Å². The summed E-state index contributed by atoms with van der Waals surface area (Å²) in [5.41, 5.74) is 0. The molecular weight excluding hydrogens is 568 g/mol. The molecule has 100 valence electrons. The molecule has 0 saturated carbocycles. The van der Waals surface area contributed by atoms with Gasteiger partial charge in [0, 0.05) is 10.9 Å². The van der Waals surface area contributed by atoms with Gasteiger partial charge < -0.3 is 9.84 Å². The lowest BCUT2D eigenvalue weighted by atomic mass is 10.3. The van der Waals surface area contributed by atoms with Crippen LogP contribution in [0.5, 0.6) is 5.75 Å². The fraction of sp³-hybridized carbons (Fsp3) is 0.300. The van der Waals surface area contributed by atoms with Crippen LogP contribution in [0.15, 0.2) is 22.4 Å². The van der Waals surface area contributed by atoms with E-state index in [1.54, 1.807) is 0 Å². The fourth-order valence-electron chi connectivity index (χ4n) is 1.11. The number of hydrogen-bond donors (Lipinski definition) is 1. The maximum atomic E-state index is 10.4. The van der Waals surface area contributed by atoms with E-state index in [0.29, 0.717) is 18.8 Å². The van der Waals surface area contributed by atoms with E-state index in [4.69, 9.17) is 9.84 Å². The molecule has 0 spiro atoms. The van der Waals surface area contributed by atoms with Crippen LogP contribution in [0.25, 0.3) is 0 Å². The lowest BCUT2D eigenvalue weighted by Crippen LogP contribution is -2.03. The van der Waals surface area contributed by atoms with E-state index in [9.17, 15) is 4.79 Å². The first-order valence-corrected chi connectivity index (χ1v) is 8.68. The van der Waals surface area contributed by atoms with Crippen LogP contribution in [-0.4, -0.2) is 17.7 Å². The van der Waals surface area contributed by atoms with Gasteiger partial charge in [-0.15, -0.1) is 0 Å². The van der Waals surface area contributed by atoms with Crippen molar-refractivity contribution in [3.05, 3.63) is 22.4 Å². The number of halogens is 5. The second kappa shape index (κ2) is 7.61. The Labute approximate surface area is 146 Å². The molecule has 1 aromatic carbocycles. The van der Waals surface area contributed by atoms with Crippen molar-refractivity contribution in [3.63, 3.8) is 0 Å².